The third kappa shape index (κ3) is 6.32. The highest BCUT2D eigenvalue weighted by Crippen LogP contribution is 2.23. The zero-order valence-corrected chi connectivity index (χ0v) is 18.6. The van der Waals surface area contributed by atoms with Crippen LogP contribution in [0.25, 0.3) is 0 Å². The van der Waals surface area contributed by atoms with Crippen LogP contribution in [-0.2, 0) is 9.84 Å². The van der Waals surface area contributed by atoms with Crippen molar-refractivity contribution in [3.05, 3.63) is 29.3 Å². The van der Waals surface area contributed by atoms with Crippen molar-refractivity contribution in [2.45, 2.75) is 13.8 Å². The lowest BCUT2D eigenvalue weighted by Gasteiger charge is -2.38. The highest BCUT2D eigenvalue weighted by Gasteiger charge is 2.21. The van der Waals surface area contributed by atoms with Gasteiger partial charge in [-0.1, -0.05) is 12.1 Å². The van der Waals surface area contributed by atoms with Crippen molar-refractivity contribution in [3.63, 3.8) is 0 Å². The molecule has 0 atom stereocenters. The van der Waals surface area contributed by atoms with Gasteiger partial charge in [0.2, 0.25) is 0 Å². The Hall–Kier alpha value is -1.03. The number of aryl methyl sites for hydroxylation is 1. The Labute approximate surface area is 168 Å². The van der Waals surface area contributed by atoms with Crippen LogP contribution in [0.5, 0.6) is 0 Å². The van der Waals surface area contributed by atoms with Gasteiger partial charge in [0.05, 0.1) is 5.75 Å². The van der Waals surface area contributed by atoms with Crippen LogP contribution in [0.3, 0.4) is 0 Å². The van der Waals surface area contributed by atoms with Gasteiger partial charge in [0, 0.05) is 51.7 Å². The molecule has 1 aromatic carbocycles. The Morgan fingerprint density at radius 3 is 2.40 bits per heavy atom. The van der Waals surface area contributed by atoms with Crippen molar-refractivity contribution < 1.29 is 8.42 Å². The van der Waals surface area contributed by atoms with E-state index < -0.39 is 9.84 Å². The van der Waals surface area contributed by atoms with Crippen molar-refractivity contribution in [1.29, 1.82) is 0 Å². The summed E-state index contributed by atoms with van der Waals surface area (Å²) in [6, 6.07) is 6.43. The largest absolute Gasteiger partial charge is 0.368 e. The van der Waals surface area contributed by atoms with Gasteiger partial charge in [0.25, 0.3) is 0 Å². The molecular weight excluding hydrogens is 451 g/mol. The van der Waals surface area contributed by atoms with Crippen LogP contribution < -0.4 is 10.2 Å². The molecule has 1 N–H and O–H groups in total. The van der Waals surface area contributed by atoms with Crippen molar-refractivity contribution in [1.82, 2.24) is 10.2 Å². The lowest BCUT2D eigenvalue weighted by atomic mass is 10.1. The fraction of sp³-hybridized carbons (Fsp3) is 0.588. The highest BCUT2D eigenvalue weighted by molar-refractivity contribution is 14.0. The lowest BCUT2D eigenvalue weighted by Crippen LogP contribution is -2.53. The molecule has 1 heterocycles. The number of nitrogens with one attached hydrogen (secondary N) is 1. The third-order valence-corrected chi connectivity index (χ3v) is 5.41. The summed E-state index contributed by atoms with van der Waals surface area (Å²) in [7, 11) is -1.22. The number of rotatable bonds is 4. The molecule has 0 spiro atoms. The van der Waals surface area contributed by atoms with Crippen molar-refractivity contribution >= 4 is 45.5 Å². The number of halogens is 1. The molecule has 0 radical (unpaired) electrons. The molecule has 0 amide bonds. The first-order valence-electron chi connectivity index (χ1n) is 8.26. The van der Waals surface area contributed by atoms with Crippen LogP contribution in [0.2, 0.25) is 0 Å². The zero-order valence-electron chi connectivity index (χ0n) is 15.4. The fourth-order valence-electron chi connectivity index (χ4n) is 2.92. The molecule has 0 aliphatic carbocycles. The first kappa shape index (κ1) is 22.0. The van der Waals surface area contributed by atoms with Gasteiger partial charge in [0.15, 0.2) is 5.96 Å². The minimum atomic E-state index is -2.96. The molecule has 0 bridgehead atoms. The van der Waals surface area contributed by atoms with Crippen LogP contribution in [0, 0.1) is 13.8 Å². The molecular formula is C17H29IN4O2S. The van der Waals surface area contributed by atoms with Crippen LogP contribution in [0.15, 0.2) is 23.2 Å². The molecule has 0 aromatic heterocycles. The molecule has 1 saturated heterocycles. The van der Waals surface area contributed by atoms with E-state index in [0.29, 0.717) is 6.54 Å². The Morgan fingerprint density at radius 1 is 1.20 bits per heavy atom. The molecule has 1 aliphatic rings. The smallest absolute Gasteiger partial charge is 0.193 e. The lowest BCUT2D eigenvalue weighted by molar-refractivity contribution is 0.373. The van der Waals surface area contributed by atoms with E-state index in [2.05, 4.69) is 52.2 Å². The molecule has 2 rings (SSSR count). The third-order valence-electron chi connectivity index (χ3n) is 4.46. The van der Waals surface area contributed by atoms with Crippen molar-refractivity contribution in [2.24, 2.45) is 4.99 Å². The van der Waals surface area contributed by atoms with Gasteiger partial charge in [-0.25, -0.2) is 8.42 Å². The number of anilines is 1. The van der Waals surface area contributed by atoms with E-state index in [1.165, 1.54) is 23.1 Å². The van der Waals surface area contributed by atoms with Crippen LogP contribution in [0.4, 0.5) is 5.69 Å². The van der Waals surface area contributed by atoms with E-state index >= 15 is 0 Å². The number of aliphatic imine (C=N–C) groups is 1. The zero-order chi connectivity index (χ0) is 17.7. The quantitative estimate of drug-likeness (QED) is 0.404. The number of benzene rings is 1. The minimum Gasteiger partial charge on any atom is -0.368 e. The van der Waals surface area contributed by atoms with Gasteiger partial charge >= 0.3 is 0 Å². The fourth-order valence-corrected chi connectivity index (χ4v) is 3.39. The molecule has 0 unspecified atom stereocenters. The summed E-state index contributed by atoms with van der Waals surface area (Å²) in [6.07, 6.45) is 1.25. The van der Waals surface area contributed by atoms with E-state index in [4.69, 9.17) is 0 Å². The maximum absolute atomic E-state index is 11.2. The Kier molecular flexibility index (Phi) is 8.46. The summed E-state index contributed by atoms with van der Waals surface area (Å²) >= 11 is 0. The maximum Gasteiger partial charge on any atom is 0.193 e. The second kappa shape index (κ2) is 9.61. The van der Waals surface area contributed by atoms with Crippen molar-refractivity contribution in [2.75, 3.05) is 56.7 Å². The summed E-state index contributed by atoms with van der Waals surface area (Å²) in [6.45, 7) is 8.29. The van der Waals surface area contributed by atoms with E-state index in [1.54, 1.807) is 7.05 Å². The van der Waals surface area contributed by atoms with Gasteiger partial charge in [0.1, 0.15) is 9.84 Å². The second-order valence-electron chi connectivity index (χ2n) is 6.30. The van der Waals surface area contributed by atoms with Crippen LogP contribution in [0.1, 0.15) is 11.1 Å². The molecule has 1 aromatic rings. The van der Waals surface area contributed by atoms with E-state index in [9.17, 15) is 8.42 Å². The Balaban J connectivity index is 0.00000312. The number of hydrogen-bond donors (Lipinski definition) is 1. The normalized spacial score (nSPS) is 15.8. The molecule has 1 aliphatic heterocycles. The van der Waals surface area contributed by atoms with Gasteiger partial charge in [-0.05, 0) is 31.0 Å². The molecule has 25 heavy (non-hydrogen) atoms. The van der Waals surface area contributed by atoms with Crippen LogP contribution >= 0.6 is 24.0 Å². The van der Waals surface area contributed by atoms with Gasteiger partial charge in [-0.2, -0.15) is 0 Å². The monoisotopic (exact) mass is 480 g/mol. The topological polar surface area (TPSA) is 65.0 Å². The second-order valence-corrected chi connectivity index (χ2v) is 8.56. The number of guanidine groups is 1. The average molecular weight is 480 g/mol. The molecule has 142 valence electrons. The maximum atomic E-state index is 11.2. The predicted molar refractivity (Wildman–Crippen MR) is 116 cm³/mol. The molecule has 1 fully saturated rings. The average Bonchev–Trinajstić information content (AvgIpc) is 2.54. The predicted octanol–water partition coefficient (Wildman–Crippen LogP) is 1.66. The minimum absolute atomic E-state index is 0. The SMILES string of the molecule is CN=C(NCCS(C)(=O)=O)N1CCN(c2cccc(C)c2C)CC1.I. The highest BCUT2D eigenvalue weighted by atomic mass is 127. The van der Waals surface area contributed by atoms with Gasteiger partial charge < -0.3 is 15.1 Å². The summed E-state index contributed by atoms with van der Waals surface area (Å²) in [4.78, 5) is 8.87. The molecule has 6 nitrogen and oxygen atoms in total. The molecule has 8 heteroatoms. The summed E-state index contributed by atoms with van der Waals surface area (Å²) in [5, 5.41) is 3.15. The van der Waals surface area contributed by atoms with E-state index in [0.717, 1.165) is 32.1 Å². The Bertz CT molecular complexity index is 699. The van der Waals surface area contributed by atoms with Crippen LogP contribution in [-0.4, -0.2) is 71.1 Å². The first-order valence-corrected chi connectivity index (χ1v) is 10.3. The Morgan fingerprint density at radius 2 is 1.84 bits per heavy atom. The van der Waals surface area contributed by atoms with E-state index in [-0.39, 0.29) is 29.7 Å². The number of piperazine rings is 1. The standard InChI is InChI=1S/C17H28N4O2S.HI/c1-14-6-5-7-16(15(14)2)20-9-11-21(12-10-20)17(18-3)19-8-13-24(4,22)23;/h5-7H,8-13H2,1-4H3,(H,18,19);1H. The number of hydrogen-bond acceptors (Lipinski definition) is 4. The van der Waals surface area contributed by atoms with Crippen molar-refractivity contribution in [3.8, 4) is 0 Å². The molecule has 0 saturated carbocycles. The van der Waals surface area contributed by atoms with E-state index in [1.807, 2.05) is 0 Å². The summed E-state index contributed by atoms with van der Waals surface area (Å²) in [5.41, 5.74) is 3.95. The summed E-state index contributed by atoms with van der Waals surface area (Å²) < 4.78 is 22.5. The van der Waals surface area contributed by atoms with Gasteiger partial charge in [-0.3, -0.25) is 4.99 Å². The number of sulfone groups is 1. The first-order chi connectivity index (χ1) is 11.3. The number of nitrogens with zero attached hydrogens (tertiary/aromatic N) is 3. The van der Waals surface area contributed by atoms with Gasteiger partial charge in [-0.15, -0.1) is 24.0 Å². The summed E-state index contributed by atoms with van der Waals surface area (Å²) in [5.74, 6) is 0.897.